The number of halogens is 3. The van der Waals surface area contributed by atoms with Crippen LogP contribution in [0.25, 0.3) is 0 Å². The van der Waals surface area contributed by atoms with Gasteiger partial charge >= 0.3 is 42.6 Å². The Labute approximate surface area is 116 Å². The van der Waals surface area contributed by atoms with Crippen molar-refractivity contribution in [3.63, 3.8) is 0 Å². The van der Waals surface area contributed by atoms with Crippen LogP contribution in [0.4, 0.5) is 0 Å². The van der Waals surface area contributed by atoms with Crippen molar-refractivity contribution in [2.24, 2.45) is 5.92 Å². The molecule has 0 N–H and O–H groups in total. The number of rotatable bonds is 1. The summed E-state index contributed by atoms with van der Waals surface area (Å²) < 4.78 is 0. The molecule has 2 aliphatic rings. The molecule has 0 radical (unpaired) electrons. The van der Waals surface area contributed by atoms with Gasteiger partial charge in [0.15, 0.2) is 0 Å². The Balaban J connectivity index is 0.000000280. The Morgan fingerprint density at radius 2 is 1.81 bits per heavy atom. The van der Waals surface area contributed by atoms with Gasteiger partial charge in [0.2, 0.25) is 0 Å². The predicted octanol–water partition coefficient (Wildman–Crippen LogP) is 5.71. The van der Waals surface area contributed by atoms with Crippen molar-refractivity contribution >= 4 is 27.9 Å². The third-order valence-electron chi connectivity index (χ3n) is 3.18. The van der Waals surface area contributed by atoms with Crippen LogP contribution in [0.5, 0.6) is 0 Å². The molecule has 2 rings (SSSR count). The SMILES string of the molecule is CCC1[C-]=C(C)C2=C1CCCC2.[Cl][Ti+]([Cl])[Cl]. The van der Waals surface area contributed by atoms with Crippen LogP contribution in [0.1, 0.15) is 46.0 Å². The van der Waals surface area contributed by atoms with E-state index in [-0.39, 0.29) is 0 Å². The van der Waals surface area contributed by atoms with Gasteiger partial charge in [0.25, 0.3) is 0 Å². The van der Waals surface area contributed by atoms with Crippen molar-refractivity contribution in [2.45, 2.75) is 46.0 Å². The minimum atomic E-state index is -1.92. The van der Waals surface area contributed by atoms with Gasteiger partial charge in [-0.2, -0.15) is 11.1 Å². The monoisotopic (exact) mass is 314 g/mol. The summed E-state index contributed by atoms with van der Waals surface area (Å²) in [5, 5.41) is 0. The topological polar surface area (TPSA) is 0 Å². The van der Waals surface area contributed by atoms with E-state index in [1.165, 1.54) is 37.7 Å². The second-order valence-electron chi connectivity index (χ2n) is 4.16. The van der Waals surface area contributed by atoms with E-state index in [1.807, 2.05) is 0 Å². The van der Waals surface area contributed by atoms with Crippen LogP contribution in [0.2, 0.25) is 0 Å². The molecule has 0 fully saturated rings. The van der Waals surface area contributed by atoms with Gasteiger partial charge < -0.3 is 0 Å². The van der Waals surface area contributed by atoms with Gasteiger partial charge in [-0.1, -0.05) is 45.4 Å². The average molecular weight is 315 g/mol. The van der Waals surface area contributed by atoms with Gasteiger partial charge in [-0.25, -0.2) is 5.57 Å². The Bertz CT molecular complexity index is 292. The molecule has 0 aromatic rings. The van der Waals surface area contributed by atoms with Crippen LogP contribution in [-0.4, -0.2) is 0 Å². The summed E-state index contributed by atoms with van der Waals surface area (Å²) in [5.74, 6) is 0.681. The normalized spacial score (nSPS) is 23.3. The molecule has 2 aliphatic carbocycles. The van der Waals surface area contributed by atoms with Crippen molar-refractivity contribution in [2.75, 3.05) is 0 Å². The molecule has 0 amide bonds. The van der Waals surface area contributed by atoms with Gasteiger partial charge in [-0.15, -0.1) is 0 Å². The summed E-state index contributed by atoms with van der Waals surface area (Å²) in [5.41, 5.74) is 4.84. The van der Waals surface area contributed by atoms with Crippen LogP contribution in [0, 0.1) is 12.0 Å². The zero-order chi connectivity index (χ0) is 12.1. The fourth-order valence-corrected chi connectivity index (χ4v) is 2.53. The van der Waals surface area contributed by atoms with Crippen LogP contribution in [-0.2, 0) is 14.7 Å². The van der Waals surface area contributed by atoms with Crippen LogP contribution < -0.4 is 0 Å². The molecular weight excluding hydrogens is 298 g/mol. The minimum absolute atomic E-state index is 0.681. The first-order valence-electron chi connectivity index (χ1n) is 5.72. The van der Waals surface area contributed by atoms with E-state index < -0.39 is 14.7 Å². The number of hydrogen-bond donors (Lipinski definition) is 0. The summed E-state index contributed by atoms with van der Waals surface area (Å²) in [6, 6.07) is 0. The molecule has 0 aromatic carbocycles. The van der Waals surface area contributed by atoms with E-state index in [2.05, 4.69) is 19.9 Å². The van der Waals surface area contributed by atoms with Crippen LogP contribution in [0.15, 0.2) is 16.7 Å². The molecule has 4 heteroatoms. The summed E-state index contributed by atoms with van der Waals surface area (Å²) in [4.78, 5) is 0. The fraction of sp³-hybridized carbons (Fsp3) is 0.667. The van der Waals surface area contributed by atoms with Crippen molar-refractivity contribution < 1.29 is 14.7 Å². The molecule has 0 saturated heterocycles. The molecule has 1 unspecified atom stereocenters. The predicted molar refractivity (Wildman–Crippen MR) is 69.3 cm³/mol. The molecule has 0 saturated carbocycles. The van der Waals surface area contributed by atoms with E-state index in [1.54, 1.807) is 11.1 Å². The Hall–Kier alpha value is 1.06. The van der Waals surface area contributed by atoms with Gasteiger partial charge in [-0.3, -0.25) is 6.08 Å². The first kappa shape index (κ1) is 15.1. The third-order valence-corrected chi connectivity index (χ3v) is 3.18. The van der Waals surface area contributed by atoms with Crippen molar-refractivity contribution in [1.29, 1.82) is 0 Å². The summed E-state index contributed by atoms with van der Waals surface area (Å²) in [6.07, 6.45) is 10.3. The summed E-state index contributed by atoms with van der Waals surface area (Å²) in [7, 11) is 14.9. The average Bonchev–Trinajstić information content (AvgIpc) is 2.56. The third kappa shape index (κ3) is 4.39. The summed E-state index contributed by atoms with van der Waals surface area (Å²) in [6.45, 7) is 4.51. The van der Waals surface area contributed by atoms with Gasteiger partial charge in [0.05, 0.1) is 0 Å². The van der Waals surface area contributed by atoms with Gasteiger partial charge in [0.1, 0.15) is 0 Å². The molecule has 0 spiro atoms. The van der Waals surface area contributed by atoms with Crippen LogP contribution >= 0.6 is 27.9 Å². The van der Waals surface area contributed by atoms with Crippen LogP contribution in [0.3, 0.4) is 0 Å². The maximum absolute atomic E-state index is 4.97. The van der Waals surface area contributed by atoms with E-state index in [0.29, 0.717) is 5.92 Å². The first-order valence-corrected chi connectivity index (χ1v) is 12.2. The zero-order valence-electron chi connectivity index (χ0n) is 9.75. The molecule has 0 heterocycles. The summed E-state index contributed by atoms with van der Waals surface area (Å²) >= 11 is -1.92. The Kier molecular flexibility index (Phi) is 7.08. The number of allylic oxidation sites excluding steroid dienone is 4. The van der Waals surface area contributed by atoms with Gasteiger partial charge in [-0.05, 0) is 6.42 Å². The fourth-order valence-electron chi connectivity index (χ4n) is 2.53. The first-order chi connectivity index (χ1) is 7.56. The second kappa shape index (κ2) is 7.49. The van der Waals surface area contributed by atoms with Crippen molar-refractivity contribution in [3.8, 4) is 0 Å². The zero-order valence-corrected chi connectivity index (χ0v) is 13.6. The van der Waals surface area contributed by atoms with E-state index in [4.69, 9.17) is 27.9 Å². The molecule has 16 heavy (non-hydrogen) atoms. The van der Waals surface area contributed by atoms with Crippen molar-refractivity contribution in [1.82, 2.24) is 0 Å². The maximum atomic E-state index is 4.97. The Morgan fingerprint density at radius 1 is 1.25 bits per heavy atom. The van der Waals surface area contributed by atoms with E-state index >= 15 is 0 Å². The second-order valence-corrected chi connectivity index (χ2v) is 11.9. The molecule has 0 aliphatic heterocycles. The van der Waals surface area contributed by atoms with Crippen molar-refractivity contribution in [3.05, 3.63) is 22.8 Å². The molecule has 90 valence electrons. The quantitative estimate of drug-likeness (QED) is 0.429. The van der Waals surface area contributed by atoms with E-state index in [0.717, 1.165) is 0 Å². The number of hydrogen-bond acceptors (Lipinski definition) is 0. The molecule has 0 bridgehead atoms. The molecular formula is C12H17Cl3Ti. The van der Waals surface area contributed by atoms with E-state index in [9.17, 15) is 0 Å². The van der Waals surface area contributed by atoms with Gasteiger partial charge in [0, 0.05) is 0 Å². The molecule has 0 aromatic heterocycles. The molecule has 0 nitrogen and oxygen atoms in total. The Morgan fingerprint density at radius 3 is 2.38 bits per heavy atom. The molecule has 1 atom stereocenters. The standard InChI is InChI=1S/C12H17.3ClH.Ti/c1-3-10-8-9(2)11-6-4-5-7-12(10)11;;;;/h10H,3-7H2,1-2H3;3*1H;/q-1;;;;+4/p-3.